The van der Waals surface area contributed by atoms with E-state index >= 15 is 0 Å². The molecule has 0 saturated heterocycles. The van der Waals surface area contributed by atoms with E-state index in [1.165, 1.54) is 25.1 Å². The molecule has 0 aliphatic carbocycles. The fourth-order valence-electron chi connectivity index (χ4n) is 2.60. The first kappa shape index (κ1) is 18.3. The number of carbonyl (C=O) groups excluding carboxylic acids is 2. The molecule has 0 spiro atoms. The first-order chi connectivity index (χ1) is 13.0. The predicted octanol–water partition coefficient (Wildman–Crippen LogP) is 4.56. The number of nitrogens with one attached hydrogen (secondary N) is 1. The van der Waals surface area contributed by atoms with Gasteiger partial charge in [-0.1, -0.05) is 54.6 Å². The number of benzene rings is 3. The number of rotatable bonds is 5. The molecule has 0 aliphatic rings. The van der Waals surface area contributed by atoms with E-state index < -0.39 is 23.8 Å². The Balaban J connectivity index is 1.63. The van der Waals surface area contributed by atoms with Crippen LogP contribution in [0, 0.1) is 5.82 Å². The van der Waals surface area contributed by atoms with E-state index in [0.29, 0.717) is 5.69 Å². The molecule has 0 saturated carbocycles. The normalized spacial score (nSPS) is 12.1. The van der Waals surface area contributed by atoms with Crippen LogP contribution in [0.1, 0.15) is 12.5 Å². The van der Waals surface area contributed by atoms with Crippen molar-refractivity contribution in [1.82, 2.24) is 0 Å². The van der Waals surface area contributed by atoms with Gasteiger partial charge in [-0.2, -0.15) is 0 Å². The van der Waals surface area contributed by atoms with Gasteiger partial charge < -0.3 is 10.1 Å². The number of amides is 1. The molecule has 1 N–H and O–H groups in total. The Morgan fingerprint density at radius 3 is 2.52 bits per heavy atom. The van der Waals surface area contributed by atoms with Gasteiger partial charge in [0.2, 0.25) is 0 Å². The van der Waals surface area contributed by atoms with Gasteiger partial charge >= 0.3 is 5.97 Å². The number of halogens is 1. The Kier molecular flexibility index (Phi) is 5.61. The lowest BCUT2D eigenvalue weighted by molar-refractivity contribution is -0.148. The number of hydrogen-bond donors (Lipinski definition) is 1. The topological polar surface area (TPSA) is 55.4 Å². The Labute approximate surface area is 156 Å². The molecule has 27 heavy (non-hydrogen) atoms. The van der Waals surface area contributed by atoms with Gasteiger partial charge in [0.05, 0.1) is 0 Å². The number of carbonyl (C=O) groups is 2. The lowest BCUT2D eigenvalue weighted by atomic mass is 10.1. The SMILES string of the molecule is C[C@@H](OC(=O)/C=C/c1ccccc1F)C(=O)Nc1cccc2ccccc12. The summed E-state index contributed by atoms with van der Waals surface area (Å²) in [5.41, 5.74) is 0.908. The molecule has 0 fully saturated rings. The van der Waals surface area contributed by atoms with Crippen molar-refractivity contribution in [2.45, 2.75) is 13.0 Å². The summed E-state index contributed by atoms with van der Waals surface area (Å²) in [5.74, 6) is -1.61. The van der Waals surface area contributed by atoms with Crippen molar-refractivity contribution in [1.29, 1.82) is 0 Å². The highest BCUT2D eigenvalue weighted by Gasteiger charge is 2.17. The summed E-state index contributed by atoms with van der Waals surface area (Å²) in [4.78, 5) is 24.2. The van der Waals surface area contributed by atoms with Crippen molar-refractivity contribution >= 4 is 34.4 Å². The molecule has 0 aliphatic heterocycles. The zero-order chi connectivity index (χ0) is 19.2. The van der Waals surface area contributed by atoms with Crippen LogP contribution in [0.25, 0.3) is 16.8 Å². The first-order valence-corrected chi connectivity index (χ1v) is 8.46. The van der Waals surface area contributed by atoms with E-state index in [2.05, 4.69) is 5.32 Å². The van der Waals surface area contributed by atoms with Gasteiger partial charge in [-0.15, -0.1) is 0 Å². The van der Waals surface area contributed by atoms with Crippen molar-refractivity contribution in [3.8, 4) is 0 Å². The van der Waals surface area contributed by atoms with Crippen LogP contribution >= 0.6 is 0 Å². The molecule has 4 nitrogen and oxygen atoms in total. The molecule has 3 aromatic rings. The largest absolute Gasteiger partial charge is 0.449 e. The van der Waals surface area contributed by atoms with Crippen LogP contribution in [0.2, 0.25) is 0 Å². The smallest absolute Gasteiger partial charge is 0.331 e. The number of fused-ring (bicyclic) bond motifs is 1. The molecule has 1 amide bonds. The third-order valence-electron chi connectivity index (χ3n) is 4.01. The summed E-state index contributed by atoms with van der Waals surface area (Å²) in [6.07, 6.45) is 1.41. The van der Waals surface area contributed by atoms with Gasteiger partial charge in [0.15, 0.2) is 6.10 Å². The van der Waals surface area contributed by atoms with Crippen molar-refractivity contribution in [2.75, 3.05) is 5.32 Å². The minimum atomic E-state index is -0.998. The number of hydrogen-bond acceptors (Lipinski definition) is 3. The van der Waals surface area contributed by atoms with Crippen molar-refractivity contribution in [3.63, 3.8) is 0 Å². The van der Waals surface area contributed by atoms with Crippen LogP contribution in [0.3, 0.4) is 0 Å². The molecule has 1 atom stereocenters. The summed E-state index contributed by atoms with van der Waals surface area (Å²) < 4.78 is 18.6. The molecule has 0 aromatic heterocycles. The maximum Gasteiger partial charge on any atom is 0.331 e. The lowest BCUT2D eigenvalue weighted by Crippen LogP contribution is -2.29. The van der Waals surface area contributed by atoms with Crippen LogP contribution in [0.5, 0.6) is 0 Å². The highest BCUT2D eigenvalue weighted by atomic mass is 19.1. The fourth-order valence-corrected chi connectivity index (χ4v) is 2.60. The maximum atomic E-state index is 13.5. The van der Waals surface area contributed by atoms with E-state index in [1.807, 2.05) is 36.4 Å². The van der Waals surface area contributed by atoms with Crippen molar-refractivity contribution < 1.29 is 18.7 Å². The van der Waals surface area contributed by atoms with Crippen LogP contribution in [0.15, 0.2) is 72.8 Å². The summed E-state index contributed by atoms with van der Waals surface area (Å²) in [5, 5.41) is 4.66. The molecular weight excluding hydrogens is 345 g/mol. The third kappa shape index (κ3) is 4.58. The zero-order valence-electron chi connectivity index (χ0n) is 14.7. The average molecular weight is 363 g/mol. The second kappa shape index (κ2) is 8.27. The van der Waals surface area contributed by atoms with Crippen LogP contribution in [-0.2, 0) is 14.3 Å². The predicted molar refractivity (Wildman–Crippen MR) is 104 cm³/mol. The molecule has 3 aromatic carbocycles. The fraction of sp³-hybridized carbons (Fsp3) is 0.0909. The van der Waals surface area contributed by atoms with Gasteiger partial charge in [0.1, 0.15) is 5.82 Å². The third-order valence-corrected chi connectivity index (χ3v) is 4.01. The minimum absolute atomic E-state index is 0.266. The average Bonchev–Trinajstić information content (AvgIpc) is 2.67. The molecule has 136 valence electrons. The van der Waals surface area contributed by atoms with Crippen molar-refractivity contribution in [2.24, 2.45) is 0 Å². The lowest BCUT2D eigenvalue weighted by Gasteiger charge is -2.14. The van der Waals surface area contributed by atoms with E-state index in [9.17, 15) is 14.0 Å². The Bertz CT molecular complexity index is 1010. The van der Waals surface area contributed by atoms with Crippen LogP contribution < -0.4 is 5.32 Å². The van der Waals surface area contributed by atoms with Gasteiger partial charge in [-0.05, 0) is 30.5 Å². The summed E-state index contributed by atoms with van der Waals surface area (Å²) in [6, 6.07) is 19.3. The summed E-state index contributed by atoms with van der Waals surface area (Å²) in [6.45, 7) is 1.48. The second-order valence-corrected chi connectivity index (χ2v) is 5.95. The van der Waals surface area contributed by atoms with E-state index in [0.717, 1.165) is 16.8 Å². The van der Waals surface area contributed by atoms with Gasteiger partial charge in [0, 0.05) is 22.7 Å². The Morgan fingerprint density at radius 2 is 1.70 bits per heavy atom. The zero-order valence-corrected chi connectivity index (χ0v) is 14.7. The summed E-state index contributed by atoms with van der Waals surface area (Å²) in [7, 11) is 0. The highest BCUT2D eigenvalue weighted by molar-refractivity contribution is 6.04. The van der Waals surface area contributed by atoms with Gasteiger partial charge in [-0.3, -0.25) is 4.79 Å². The molecular formula is C22H18FNO3. The van der Waals surface area contributed by atoms with Crippen LogP contribution in [0.4, 0.5) is 10.1 Å². The van der Waals surface area contributed by atoms with E-state index in [4.69, 9.17) is 4.74 Å². The van der Waals surface area contributed by atoms with E-state index in [1.54, 1.807) is 18.2 Å². The van der Waals surface area contributed by atoms with Gasteiger partial charge in [0.25, 0.3) is 5.91 Å². The molecule has 0 unspecified atom stereocenters. The maximum absolute atomic E-state index is 13.5. The summed E-state index contributed by atoms with van der Waals surface area (Å²) >= 11 is 0. The van der Waals surface area contributed by atoms with Crippen molar-refractivity contribution in [3.05, 3.63) is 84.2 Å². The molecule has 3 rings (SSSR count). The molecule has 0 bridgehead atoms. The quantitative estimate of drug-likeness (QED) is 0.534. The standard InChI is InChI=1S/C22H18FNO3/c1-15(27-21(25)14-13-17-8-3-5-11-19(17)23)22(26)24-20-12-6-9-16-7-2-4-10-18(16)20/h2-15H,1H3,(H,24,26)/b14-13+/t15-/m1/s1. The van der Waals surface area contributed by atoms with Gasteiger partial charge in [-0.25, -0.2) is 9.18 Å². The van der Waals surface area contributed by atoms with E-state index in [-0.39, 0.29) is 5.56 Å². The Morgan fingerprint density at radius 1 is 1.00 bits per heavy atom. The molecule has 0 heterocycles. The number of anilines is 1. The van der Waals surface area contributed by atoms with Crippen LogP contribution in [-0.4, -0.2) is 18.0 Å². The number of ether oxygens (including phenoxy) is 1. The minimum Gasteiger partial charge on any atom is -0.449 e. The molecule has 5 heteroatoms. The monoisotopic (exact) mass is 363 g/mol. The Hall–Kier alpha value is -3.47. The first-order valence-electron chi connectivity index (χ1n) is 8.46. The molecule has 0 radical (unpaired) electrons. The number of esters is 1. The highest BCUT2D eigenvalue weighted by Crippen LogP contribution is 2.23. The second-order valence-electron chi connectivity index (χ2n) is 5.95.